The molecule has 3 rings (SSSR count). The average Bonchev–Trinajstić information content (AvgIpc) is 2.97. The zero-order valence-electron chi connectivity index (χ0n) is 13.1. The van der Waals surface area contributed by atoms with Gasteiger partial charge in [-0.2, -0.15) is 15.0 Å². The normalized spacial score (nSPS) is 12.3. The van der Waals surface area contributed by atoms with Crippen LogP contribution in [0, 0.1) is 0 Å². The van der Waals surface area contributed by atoms with E-state index in [-0.39, 0.29) is 0 Å². The molecule has 0 spiro atoms. The van der Waals surface area contributed by atoms with Crippen molar-refractivity contribution in [2.45, 2.75) is 12.6 Å². The number of aliphatic hydroxyl groups excluding tert-OH is 1. The highest BCUT2D eigenvalue weighted by Crippen LogP contribution is 2.19. The van der Waals surface area contributed by atoms with Crippen molar-refractivity contribution < 1.29 is 5.11 Å². The molecule has 0 aliphatic carbocycles. The summed E-state index contributed by atoms with van der Waals surface area (Å²) in [6.45, 7) is 1.02. The quantitative estimate of drug-likeness (QED) is 0.733. The molecule has 2 N–H and O–H groups in total. The summed E-state index contributed by atoms with van der Waals surface area (Å²) in [5, 5.41) is 22.3. The van der Waals surface area contributed by atoms with Crippen LogP contribution in [-0.2, 0) is 13.6 Å². The van der Waals surface area contributed by atoms with Crippen LogP contribution >= 0.6 is 0 Å². The van der Waals surface area contributed by atoms with E-state index in [1.807, 2.05) is 67.7 Å². The van der Waals surface area contributed by atoms with Crippen molar-refractivity contribution in [1.82, 2.24) is 20.3 Å². The third-order valence-corrected chi connectivity index (χ3v) is 3.65. The number of aliphatic hydroxyl groups is 1. The molecule has 0 aliphatic heterocycles. The van der Waals surface area contributed by atoms with Crippen LogP contribution in [0.3, 0.4) is 0 Å². The predicted octanol–water partition coefficient (Wildman–Crippen LogP) is 2.31. The van der Waals surface area contributed by atoms with Crippen LogP contribution in [0.5, 0.6) is 0 Å². The number of rotatable bonds is 6. The number of aromatic nitrogens is 3. The van der Waals surface area contributed by atoms with Gasteiger partial charge in [0.2, 0.25) is 0 Å². The topological polar surface area (TPSA) is 63.0 Å². The van der Waals surface area contributed by atoms with Gasteiger partial charge in [-0.15, -0.1) is 0 Å². The molecule has 1 atom stereocenters. The molecule has 1 aromatic heterocycles. The van der Waals surface area contributed by atoms with Gasteiger partial charge in [-0.1, -0.05) is 60.7 Å². The van der Waals surface area contributed by atoms with E-state index in [2.05, 4.69) is 15.5 Å². The molecular weight excluding hydrogens is 288 g/mol. The van der Waals surface area contributed by atoms with E-state index < -0.39 is 6.10 Å². The summed E-state index contributed by atoms with van der Waals surface area (Å²) in [6.07, 6.45) is -0.534. The lowest BCUT2D eigenvalue weighted by atomic mass is 10.1. The summed E-state index contributed by atoms with van der Waals surface area (Å²) >= 11 is 0. The molecule has 0 unspecified atom stereocenters. The lowest BCUT2D eigenvalue weighted by molar-refractivity contribution is 0.174. The van der Waals surface area contributed by atoms with Gasteiger partial charge in [0.25, 0.3) is 0 Å². The zero-order valence-corrected chi connectivity index (χ0v) is 13.1. The van der Waals surface area contributed by atoms with Gasteiger partial charge in [0.15, 0.2) is 0 Å². The third kappa shape index (κ3) is 3.83. The van der Waals surface area contributed by atoms with Crippen LogP contribution < -0.4 is 5.32 Å². The first-order valence-electron chi connectivity index (χ1n) is 7.63. The molecule has 0 fully saturated rings. The van der Waals surface area contributed by atoms with Gasteiger partial charge in [0, 0.05) is 25.7 Å². The maximum atomic E-state index is 10.2. The molecule has 0 aliphatic rings. The second-order valence-corrected chi connectivity index (χ2v) is 5.41. The lowest BCUT2D eigenvalue weighted by Gasteiger charge is -2.11. The number of aryl methyl sites for hydroxylation is 1. The van der Waals surface area contributed by atoms with Crippen molar-refractivity contribution in [2.24, 2.45) is 7.05 Å². The minimum absolute atomic E-state index is 0.467. The van der Waals surface area contributed by atoms with Crippen molar-refractivity contribution in [3.63, 3.8) is 0 Å². The number of nitrogens with zero attached hydrogens (tertiary/aromatic N) is 3. The monoisotopic (exact) mass is 308 g/mol. The van der Waals surface area contributed by atoms with Crippen molar-refractivity contribution in [3.8, 4) is 11.3 Å². The SMILES string of the molecule is Cn1nc(CNC[C@H](O)c2ccccc2)c(-c2ccccc2)n1. The molecule has 5 nitrogen and oxygen atoms in total. The average molecular weight is 308 g/mol. The van der Waals surface area contributed by atoms with Crippen LogP contribution in [0.25, 0.3) is 11.3 Å². The largest absolute Gasteiger partial charge is 0.387 e. The van der Waals surface area contributed by atoms with Crippen LogP contribution in [0.4, 0.5) is 0 Å². The maximum Gasteiger partial charge on any atom is 0.117 e. The fourth-order valence-corrected chi connectivity index (χ4v) is 2.51. The predicted molar refractivity (Wildman–Crippen MR) is 89.5 cm³/mol. The highest BCUT2D eigenvalue weighted by molar-refractivity contribution is 5.60. The van der Waals surface area contributed by atoms with Gasteiger partial charge in [-0.25, -0.2) is 0 Å². The Morgan fingerprint density at radius 2 is 1.65 bits per heavy atom. The minimum Gasteiger partial charge on any atom is -0.387 e. The molecule has 0 bridgehead atoms. The number of hydrogen-bond donors (Lipinski definition) is 2. The molecule has 23 heavy (non-hydrogen) atoms. The summed E-state index contributed by atoms with van der Waals surface area (Å²) in [5.74, 6) is 0. The number of nitrogens with one attached hydrogen (secondary N) is 1. The zero-order chi connectivity index (χ0) is 16.1. The second-order valence-electron chi connectivity index (χ2n) is 5.41. The van der Waals surface area contributed by atoms with Gasteiger partial charge < -0.3 is 10.4 Å². The Hall–Kier alpha value is -2.50. The molecular formula is C18H20N4O. The van der Waals surface area contributed by atoms with E-state index in [1.165, 1.54) is 0 Å². The van der Waals surface area contributed by atoms with E-state index >= 15 is 0 Å². The van der Waals surface area contributed by atoms with Crippen molar-refractivity contribution >= 4 is 0 Å². The van der Waals surface area contributed by atoms with Gasteiger partial charge in [0.1, 0.15) is 11.4 Å². The van der Waals surface area contributed by atoms with Crippen LogP contribution in [0.2, 0.25) is 0 Å². The smallest absolute Gasteiger partial charge is 0.117 e. The van der Waals surface area contributed by atoms with Crippen molar-refractivity contribution in [3.05, 3.63) is 71.9 Å². The highest BCUT2D eigenvalue weighted by Gasteiger charge is 2.12. The molecule has 1 heterocycles. The Labute approximate surface area is 135 Å². The summed E-state index contributed by atoms with van der Waals surface area (Å²) in [7, 11) is 1.81. The second kappa shape index (κ2) is 7.17. The fraction of sp³-hybridized carbons (Fsp3) is 0.222. The molecule has 3 aromatic rings. The van der Waals surface area contributed by atoms with Crippen LogP contribution in [-0.4, -0.2) is 26.6 Å². The third-order valence-electron chi connectivity index (χ3n) is 3.65. The van der Waals surface area contributed by atoms with Gasteiger partial charge in [0.05, 0.1) is 6.10 Å². The highest BCUT2D eigenvalue weighted by atomic mass is 16.3. The Bertz CT molecular complexity index is 740. The summed E-state index contributed by atoms with van der Waals surface area (Å²) < 4.78 is 0. The first-order chi connectivity index (χ1) is 11.2. The standard InChI is InChI=1S/C18H20N4O/c1-22-20-16(18(21-22)15-10-6-3-7-11-15)12-19-13-17(23)14-8-4-2-5-9-14/h2-11,17,19,23H,12-13H2,1H3/t17-/m0/s1. The van der Waals surface area contributed by atoms with E-state index in [0.29, 0.717) is 13.1 Å². The Morgan fingerprint density at radius 3 is 2.35 bits per heavy atom. The maximum absolute atomic E-state index is 10.2. The van der Waals surface area contributed by atoms with Crippen molar-refractivity contribution in [1.29, 1.82) is 0 Å². The van der Waals surface area contributed by atoms with Crippen LogP contribution in [0.15, 0.2) is 60.7 Å². The number of hydrogen-bond acceptors (Lipinski definition) is 4. The summed E-state index contributed by atoms with van der Waals surface area (Å²) in [6, 6.07) is 19.6. The lowest BCUT2D eigenvalue weighted by Crippen LogP contribution is -2.21. The Kier molecular flexibility index (Phi) is 4.80. The molecule has 0 saturated carbocycles. The first kappa shape index (κ1) is 15.4. The minimum atomic E-state index is -0.534. The molecule has 118 valence electrons. The molecule has 5 heteroatoms. The summed E-state index contributed by atoms with van der Waals surface area (Å²) in [5.41, 5.74) is 3.69. The molecule has 2 aromatic carbocycles. The first-order valence-corrected chi connectivity index (χ1v) is 7.63. The van der Waals surface area contributed by atoms with Gasteiger partial charge in [-0.05, 0) is 5.56 Å². The molecule has 0 saturated heterocycles. The Morgan fingerprint density at radius 1 is 1.00 bits per heavy atom. The molecule has 0 radical (unpaired) electrons. The van der Waals surface area contributed by atoms with E-state index in [4.69, 9.17) is 0 Å². The van der Waals surface area contributed by atoms with E-state index in [1.54, 1.807) is 4.80 Å². The summed E-state index contributed by atoms with van der Waals surface area (Å²) in [4.78, 5) is 1.58. The van der Waals surface area contributed by atoms with Crippen LogP contribution in [0.1, 0.15) is 17.4 Å². The van der Waals surface area contributed by atoms with Crippen molar-refractivity contribution in [2.75, 3.05) is 6.54 Å². The fourth-order valence-electron chi connectivity index (χ4n) is 2.51. The van der Waals surface area contributed by atoms with Gasteiger partial charge in [-0.3, -0.25) is 0 Å². The Balaban J connectivity index is 1.65. The van der Waals surface area contributed by atoms with Gasteiger partial charge >= 0.3 is 0 Å². The number of benzene rings is 2. The molecule has 0 amide bonds. The van der Waals surface area contributed by atoms with E-state index in [0.717, 1.165) is 22.5 Å². The van der Waals surface area contributed by atoms with E-state index in [9.17, 15) is 5.11 Å².